The number of ether oxygens (including phenoxy) is 2. The fourth-order valence-electron chi connectivity index (χ4n) is 3.17. The summed E-state index contributed by atoms with van der Waals surface area (Å²) in [4.78, 5) is 10.7. The van der Waals surface area contributed by atoms with Crippen molar-refractivity contribution in [3.63, 3.8) is 0 Å². The third kappa shape index (κ3) is 4.66. The monoisotopic (exact) mass is 339 g/mol. The number of hydrogen-bond donors (Lipinski definition) is 0. The average Bonchev–Trinajstić information content (AvgIpc) is 3.17. The number of hydrogen-bond acceptors (Lipinski definition) is 6. The van der Waals surface area contributed by atoms with Gasteiger partial charge < -0.3 is 14.4 Å². The molecule has 0 saturated carbocycles. The Morgan fingerprint density at radius 3 is 2.70 bits per heavy atom. The predicted molar refractivity (Wildman–Crippen MR) is 94.4 cm³/mol. The van der Waals surface area contributed by atoms with Gasteiger partial charge in [-0.15, -0.1) is 11.3 Å². The van der Waals surface area contributed by atoms with Gasteiger partial charge in [0, 0.05) is 51.1 Å². The number of thiazole rings is 1. The van der Waals surface area contributed by atoms with Gasteiger partial charge in [-0.1, -0.05) is 0 Å². The summed E-state index contributed by atoms with van der Waals surface area (Å²) in [6.07, 6.45) is 3.89. The van der Waals surface area contributed by atoms with Crippen LogP contribution < -0.4 is 4.90 Å². The predicted octanol–water partition coefficient (Wildman–Crippen LogP) is 2.54. The quantitative estimate of drug-likeness (QED) is 0.796. The molecule has 2 fully saturated rings. The lowest BCUT2D eigenvalue weighted by Gasteiger charge is -2.32. The van der Waals surface area contributed by atoms with E-state index in [0.717, 1.165) is 63.8 Å². The number of anilines is 1. The van der Waals surface area contributed by atoms with Crippen LogP contribution in [0, 0.1) is 12.8 Å². The molecule has 1 atom stereocenters. The normalized spacial score (nSPS) is 23.5. The van der Waals surface area contributed by atoms with Crippen molar-refractivity contribution in [1.29, 1.82) is 0 Å². The van der Waals surface area contributed by atoms with E-state index in [0.29, 0.717) is 12.0 Å². The second-order valence-electron chi connectivity index (χ2n) is 6.94. The van der Waals surface area contributed by atoms with Gasteiger partial charge >= 0.3 is 0 Å². The standard InChI is InChI=1S/C17H29N3O2S/c1-13-16(23-17(18-13)19(2)3)10-20-7-4-15(5-8-20)22-12-14-6-9-21-11-14/h14-15H,4-12H2,1-3H3. The van der Waals surface area contributed by atoms with Crippen LogP contribution in [0.1, 0.15) is 29.8 Å². The first-order valence-corrected chi connectivity index (χ1v) is 9.49. The molecular weight excluding hydrogens is 310 g/mol. The molecule has 1 unspecified atom stereocenters. The average molecular weight is 340 g/mol. The first-order chi connectivity index (χ1) is 11.1. The first-order valence-electron chi connectivity index (χ1n) is 8.67. The highest BCUT2D eigenvalue weighted by atomic mass is 32.1. The van der Waals surface area contributed by atoms with Crippen molar-refractivity contribution >= 4 is 16.5 Å². The zero-order valence-electron chi connectivity index (χ0n) is 14.6. The van der Waals surface area contributed by atoms with E-state index < -0.39 is 0 Å². The molecule has 3 heterocycles. The van der Waals surface area contributed by atoms with Crippen molar-refractivity contribution in [3.05, 3.63) is 10.6 Å². The van der Waals surface area contributed by atoms with Crippen LogP contribution in [0.25, 0.3) is 0 Å². The maximum atomic E-state index is 6.10. The largest absolute Gasteiger partial charge is 0.381 e. The molecule has 6 heteroatoms. The molecule has 0 radical (unpaired) electrons. The van der Waals surface area contributed by atoms with Crippen molar-refractivity contribution < 1.29 is 9.47 Å². The fraction of sp³-hybridized carbons (Fsp3) is 0.824. The summed E-state index contributed by atoms with van der Waals surface area (Å²) in [5.74, 6) is 0.623. The summed E-state index contributed by atoms with van der Waals surface area (Å²) < 4.78 is 11.5. The molecule has 0 N–H and O–H groups in total. The summed E-state index contributed by atoms with van der Waals surface area (Å²) in [6.45, 7) is 8.08. The van der Waals surface area contributed by atoms with Crippen molar-refractivity contribution in [2.45, 2.75) is 38.8 Å². The van der Waals surface area contributed by atoms with Crippen LogP contribution in [0.15, 0.2) is 0 Å². The Hall–Kier alpha value is -0.690. The Labute approximate surface area is 143 Å². The van der Waals surface area contributed by atoms with Gasteiger partial charge in [-0.25, -0.2) is 4.98 Å². The van der Waals surface area contributed by atoms with Gasteiger partial charge in [-0.2, -0.15) is 0 Å². The van der Waals surface area contributed by atoms with E-state index in [1.54, 1.807) is 0 Å². The van der Waals surface area contributed by atoms with Crippen LogP contribution in [-0.4, -0.2) is 63.0 Å². The van der Waals surface area contributed by atoms with Crippen LogP contribution in [0.4, 0.5) is 5.13 Å². The van der Waals surface area contributed by atoms with Gasteiger partial charge in [0.05, 0.1) is 25.0 Å². The van der Waals surface area contributed by atoms with E-state index in [4.69, 9.17) is 9.47 Å². The fourth-order valence-corrected chi connectivity index (χ4v) is 4.20. The third-order valence-corrected chi connectivity index (χ3v) is 6.07. The molecule has 0 amide bonds. The van der Waals surface area contributed by atoms with Gasteiger partial charge in [0.2, 0.25) is 0 Å². The smallest absolute Gasteiger partial charge is 0.185 e. The summed E-state index contributed by atoms with van der Waals surface area (Å²) >= 11 is 1.82. The zero-order chi connectivity index (χ0) is 16.2. The van der Waals surface area contributed by atoms with Crippen LogP contribution in [0.3, 0.4) is 0 Å². The molecule has 3 rings (SSSR count). The SMILES string of the molecule is Cc1nc(N(C)C)sc1CN1CCC(OCC2CCOC2)CC1. The Kier molecular flexibility index (Phi) is 5.91. The second-order valence-corrected chi connectivity index (χ2v) is 8.00. The molecule has 2 saturated heterocycles. The minimum absolute atomic E-state index is 0.437. The molecule has 2 aliphatic rings. The van der Waals surface area contributed by atoms with E-state index in [2.05, 4.69) is 35.8 Å². The Balaban J connectivity index is 1.42. The molecule has 130 valence electrons. The second kappa shape index (κ2) is 7.92. The summed E-state index contributed by atoms with van der Waals surface area (Å²) in [5.41, 5.74) is 1.18. The van der Waals surface area contributed by atoms with Gasteiger partial charge in [0.15, 0.2) is 5.13 Å². The molecule has 0 bridgehead atoms. The maximum Gasteiger partial charge on any atom is 0.185 e. The highest BCUT2D eigenvalue weighted by molar-refractivity contribution is 7.15. The first kappa shape index (κ1) is 17.1. The van der Waals surface area contributed by atoms with Gasteiger partial charge in [0.1, 0.15) is 0 Å². The van der Waals surface area contributed by atoms with Crippen molar-refractivity contribution in [3.8, 4) is 0 Å². The Morgan fingerprint density at radius 1 is 1.30 bits per heavy atom. The maximum absolute atomic E-state index is 6.10. The minimum Gasteiger partial charge on any atom is -0.381 e. The molecular formula is C17H29N3O2S. The van der Waals surface area contributed by atoms with E-state index in [9.17, 15) is 0 Å². The van der Waals surface area contributed by atoms with Crippen molar-refractivity contribution in [1.82, 2.24) is 9.88 Å². The lowest BCUT2D eigenvalue weighted by molar-refractivity contribution is -0.0115. The highest BCUT2D eigenvalue weighted by Crippen LogP contribution is 2.27. The molecule has 2 aliphatic heterocycles. The number of aryl methyl sites for hydroxylation is 1. The van der Waals surface area contributed by atoms with Gasteiger partial charge in [-0.3, -0.25) is 4.90 Å². The highest BCUT2D eigenvalue weighted by Gasteiger charge is 2.23. The molecule has 1 aromatic heterocycles. The zero-order valence-corrected chi connectivity index (χ0v) is 15.4. The molecule has 1 aromatic rings. The molecule has 0 aromatic carbocycles. The van der Waals surface area contributed by atoms with E-state index >= 15 is 0 Å². The van der Waals surface area contributed by atoms with E-state index in [1.165, 1.54) is 10.6 Å². The number of aromatic nitrogens is 1. The van der Waals surface area contributed by atoms with Gasteiger partial charge in [0.25, 0.3) is 0 Å². The minimum atomic E-state index is 0.437. The van der Waals surface area contributed by atoms with Crippen molar-refractivity contribution in [2.75, 3.05) is 51.9 Å². The van der Waals surface area contributed by atoms with E-state index in [1.807, 2.05) is 11.3 Å². The lowest BCUT2D eigenvalue weighted by atomic mass is 10.1. The lowest BCUT2D eigenvalue weighted by Crippen LogP contribution is -2.37. The Bertz CT molecular complexity index is 492. The van der Waals surface area contributed by atoms with Gasteiger partial charge in [-0.05, 0) is 26.2 Å². The molecule has 0 spiro atoms. The number of rotatable bonds is 6. The van der Waals surface area contributed by atoms with Crippen LogP contribution in [0.5, 0.6) is 0 Å². The number of piperidine rings is 1. The molecule has 5 nitrogen and oxygen atoms in total. The summed E-state index contributed by atoms with van der Waals surface area (Å²) in [6, 6.07) is 0. The topological polar surface area (TPSA) is 37.8 Å². The van der Waals surface area contributed by atoms with Crippen LogP contribution in [0.2, 0.25) is 0 Å². The third-order valence-electron chi connectivity index (χ3n) is 4.76. The molecule has 0 aliphatic carbocycles. The number of nitrogens with zero attached hydrogens (tertiary/aromatic N) is 3. The summed E-state index contributed by atoms with van der Waals surface area (Å²) in [5, 5.41) is 1.11. The molecule has 23 heavy (non-hydrogen) atoms. The van der Waals surface area contributed by atoms with Crippen molar-refractivity contribution in [2.24, 2.45) is 5.92 Å². The van der Waals surface area contributed by atoms with Crippen LogP contribution in [-0.2, 0) is 16.0 Å². The van der Waals surface area contributed by atoms with E-state index in [-0.39, 0.29) is 0 Å². The van der Waals surface area contributed by atoms with Crippen LogP contribution >= 0.6 is 11.3 Å². The number of likely N-dealkylation sites (tertiary alicyclic amines) is 1. The summed E-state index contributed by atoms with van der Waals surface area (Å²) in [7, 11) is 4.11. The Morgan fingerprint density at radius 2 is 2.09 bits per heavy atom.